The average Bonchev–Trinajstić information content (AvgIpc) is 2.75. The number of nitrogens with zero attached hydrogens (tertiary/aromatic N) is 1. The summed E-state index contributed by atoms with van der Waals surface area (Å²) in [7, 11) is 0. The zero-order chi connectivity index (χ0) is 21.8. The van der Waals surface area contributed by atoms with Crippen LogP contribution in [0.1, 0.15) is 39.4 Å². The average molecular weight is 483 g/mol. The first-order valence-corrected chi connectivity index (χ1v) is 10.3. The van der Waals surface area contributed by atoms with Crippen LogP contribution in [-0.4, -0.2) is 16.8 Å². The van der Waals surface area contributed by atoms with Gasteiger partial charge in [0.25, 0.3) is 11.8 Å². The first-order valence-electron chi connectivity index (χ1n) is 8.75. The molecule has 3 rings (SSSR count). The lowest BCUT2D eigenvalue weighted by Gasteiger charge is -2.16. The van der Waals surface area contributed by atoms with Gasteiger partial charge in [0.05, 0.1) is 32.4 Å². The van der Waals surface area contributed by atoms with Crippen molar-refractivity contribution in [3.8, 4) is 0 Å². The number of amides is 2. The second kappa shape index (κ2) is 9.67. The summed E-state index contributed by atoms with van der Waals surface area (Å²) >= 11 is 23.9. The van der Waals surface area contributed by atoms with Crippen molar-refractivity contribution in [3.63, 3.8) is 0 Å². The van der Waals surface area contributed by atoms with Crippen molar-refractivity contribution in [1.82, 2.24) is 10.3 Å². The molecule has 30 heavy (non-hydrogen) atoms. The Morgan fingerprint density at radius 2 is 1.47 bits per heavy atom. The van der Waals surface area contributed by atoms with Gasteiger partial charge < -0.3 is 10.6 Å². The first kappa shape index (κ1) is 22.4. The molecule has 9 heteroatoms. The van der Waals surface area contributed by atoms with Gasteiger partial charge >= 0.3 is 0 Å². The standard InChI is InChI=1S/C21H15Cl4N3O2/c1-11(12-7-3-2-4-8-12)26-20(29)13-9-5-6-10-14(13)27-21(30)18-16(23)15(22)17(24)19(25)28-18/h2-11H,1H3,(H,26,29)(H,27,30). The topological polar surface area (TPSA) is 71.1 Å². The number of hydrogen-bond donors (Lipinski definition) is 2. The number of carbonyl (C=O) groups excluding carboxylic acids is 2. The van der Waals surface area contributed by atoms with Crippen LogP contribution in [-0.2, 0) is 0 Å². The van der Waals surface area contributed by atoms with E-state index in [9.17, 15) is 9.59 Å². The van der Waals surface area contributed by atoms with Crippen LogP contribution >= 0.6 is 46.4 Å². The lowest BCUT2D eigenvalue weighted by Crippen LogP contribution is -2.28. The minimum absolute atomic E-state index is 0.0467. The van der Waals surface area contributed by atoms with Crippen molar-refractivity contribution in [3.05, 3.63) is 91.6 Å². The highest BCUT2D eigenvalue weighted by atomic mass is 35.5. The van der Waals surface area contributed by atoms with Crippen LogP contribution in [0.15, 0.2) is 54.6 Å². The molecule has 0 bridgehead atoms. The molecule has 154 valence electrons. The van der Waals surface area contributed by atoms with Gasteiger partial charge in [-0.15, -0.1) is 0 Å². The Morgan fingerprint density at radius 3 is 2.17 bits per heavy atom. The SMILES string of the molecule is CC(NC(=O)c1ccccc1NC(=O)c1nc(Cl)c(Cl)c(Cl)c1Cl)c1ccccc1. The maximum Gasteiger partial charge on any atom is 0.275 e. The van der Waals surface area contributed by atoms with Crippen LogP contribution in [0.25, 0.3) is 0 Å². The second-order valence-electron chi connectivity index (χ2n) is 6.30. The summed E-state index contributed by atoms with van der Waals surface area (Å²) in [5.41, 5.74) is 1.30. The number of anilines is 1. The minimum atomic E-state index is -0.683. The maximum atomic E-state index is 12.8. The Bertz CT molecular complexity index is 1110. The molecule has 1 unspecified atom stereocenters. The van der Waals surface area contributed by atoms with Crippen molar-refractivity contribution in [2.75, 3.05) is 5.32 Å². The van der Waals surface area contributed by atoms with Crippen molar-refractivity contribution >= 4 is 63.9 Å². The van der Waals surface area contributed by atoms with Crippen LogP contribution in [0.5, 0.6) is 0 Å². The van der Waals surface area contributed by atoms with Gasteiger partial charge in [0, 0.05) is 0 Å². The summed E-state index contributed by atoms with van der Waals surface area (Å²) < 4.78 is 0. The van der Waals surface area contributed by atoms with Crippen LogP contribution in [0.3, 0.4) is 0 Å². The van der Waals surface area contributed by atoms with E-state index < -0.39 is 5.91 Å². The predicted molar refractivity (Wildman–Crippen MR) is 121 cm³/mol. The summed E-state index contributed by atoms with van der Waals surface area (Å²) in [5, 5.41) is 5.13. The van der Waals surface area contributed by atoms with E-state index >= 15 is 0 Å². The van der Waals surface area contributed by atoms with Crippen LogP contribution < -0.4 is 10.6 Å². The molecule has 1 aromatic heterocycles. The third-order valence-corrected chi connectivity index (χ3v) is 5.94. The van der Waals surface area contributed by atoms with Gasteiger partial charge in [0.2, 0.25) is 0 Å². The highest BCUT2D eigenvalue weighted by Crippen LogP contribution is 2.36. The fraction of sp³-hybridized carbons (Fsp3) is 0.0952. The molecule has 0 saturated carbocycles. The molecular weight excluding hydrogens is 468 g/mol. The molecule has 0 radical (unpaired) electrons. The molecule has 0 saturated heterocycles. The summed E-state index contributed by atoms with van der Waals surface area (Å²) in [6.07, 6.45) is 0. The largest absolute Gasteiger partial charge is 0.345 e. The number of aromatic nitrogens is 1. The third kappa shape index (κ3) is 4.87. The molecule has 0 aliphatic rings. The van der Waals surface area contributed by atoms with E-state index in [4.69, 9.17) is 46.4 Å². The normalized spacial score (nSPS) is 11.6. The molecule has 5 nitrogen and oxygen atoms in total. The Hall–Kier alpha value is -2.31. The number of rotatable bonds is 5. The zero-order valence-electron chi connectivity index (χ0n) is 15.5. The molecule has 0 aliphatic heterocycles. The van der Waals surface area contributed by atoms with Gasteiger partial charge in [-0.05, 0) is 24.6 Å². The smallest absolute Gasteiger partial charge is 0.275 e. The molecule has 2 amide bonds. The summed E-state index contributed by atoms with van der Waals surface area (Å²) in [4.78, 5) is 29.4. The van der Waals surface area contributed by atoms with Crippen molar-refractivity contribution in [2.24, 2.45) is 0 Å². The number of nitrogens with one attached hydrogen (secondary N) is 2. The Labute approximate surface area is 193 Å². The molecule has 0 aliphatic carbocycles. The van der Waals surface area contributed by atoms with Crippen molar-refractivity contribution in [1.29, 1.82) is 0 Å². The Morgan fingerprint density at radius 1 is 0.833 bits per heavy atom. The lowest BCUT2D eigenvalue weighted by molar-refractivity contribution is 0.0941. The fourth-order valence-electron chi connectivity index (χ4n) is 2.71. The number of benzene rings is 2. The van der Waals surface area contributed by atoms with Crippen molar-refractivity contribution < 1.29 is 9.59 Å². The van der Waals surface area contributed by atoms with Crippen LogP contribution in [0.2, 0.25) is 20.2 Å². The van der Waals surface area contributed by atoms with E-state index in [0.29, 0.717) is 0 Å². The second-order valence-corrected chi connectivity index (χ2v) is 7.79. The molecular formula is C21H15Cl4N3O2. The number of carbonyl (C=O) groups is 2. The molecule has 2 N–H and O–H groups in total. The van der Waals surface area contributed by atoms with Crippen LogP contribution in [0.4, 0.5) is 5.69 Å². The van der Waals surface area contributed by atoms with E-state index in [2.05, 4.69) is 15.6 Å². The maximum absolute atomic E-state index is 12.8. The van der Waals surface area contributed by atoms with Crippen LogP contribution in [0, 0.1) is 0 Å². The molecule has 1 atom stereocenters. The van der Waals surface area contributed by atoms with Gasteiger partial charge in [0.15, 0.2) is 0 Å². The zero-order valence-corrected chi connectivity index (χ0v) is 18.6. The quantitative estimate of drug-likeness (QED) is 0.411. The molecule has 1 heterocycles. The van der Waals surface area contributed by atoms with E-state index in [-0.39, 0.29) is 49.1 Å². The van der Waals surface area contributed by atoms with Gasteiger partial charge in [0.1, 0.15) is 10.8 Å². The molecule has 0 fully saturated rings. The number of pyridine rings is 1. The Balaban J connectivity index is 1.84. The summed E-state index contributed by atoms with van der Waals surface area (Å²) in [6, 6.07) is 15.9. The monoisotopic (exact) mass is 481 g/mol. The Kier molecular flexibility index (Phi) is 7.21. The number of hydrogen-bond acceptors (Lipinski definition) is 3. The minimum Gasteiger partial charge on any atom is -0.345 e. The van der Waals surface area contributed by atoms with Gasteiger partial charge in [-0.2, -0.15) is 0 Å². The van der Waals surface area contributed by atoms with Gasteiger partial charge in [-0.25, -0.2) is 4.98 Å². The highest BCUT2D eigenvalue weighted by Gasteiger charge is 2.22. The van der Waals surface area contributed by atoms with E-state index in [1.54, 1.807) is 24.3 Å². The molecule has 0 spiro atoms. The highest BCUT2D eigenvalue weighted by molar-refractivity contribution is 6.52. The molecule has 3 aromatic rings. The van der Waals surface area contributed by atoms with Gasteiger partial charge in [-0.1, -0.05) is 88.9 Å². The van der Waals surface area contributed by atoms with E-state index in [1.807, 2.05) is 37.3 Å². The van der Waals surface area contributed by atoms with E-state index in [1.165, 1.54) is 0 Å². The lowest BCUT2D eigenvalue weighted by atomic mass is 10.1. The fourth-order valence-corrected chi connectivity index (χ4v) is 3.52. The number of para-hydroxylation sites is 1. The summed E-state index contributed by atoms with van der Waals surface area (Å²) in [5.74, 6) is -1.04. The predicted octanol–water partition coefficient (Wildman–Crippen LogP) is 6.44. The van der Waals surface area contributed by atoms with Crippen molar-refractivity contribution in [2.45, 2.75) is 13.0 Å². The molecule has 2 aromatic carbocycles. The first-order chi connectivity index (χ1) is 14.3. The third-order valence-electron chi connectivity index (χ3n) is 4.27. The van der Waals surface area contributed by atoms with E-state index in [0.717, 1.165) is 5.56 Å². The van der Waals surface area contributed by atoms with Gasteiger partial charge in [-0.3, -0.25) is 9.59 Å². The summed E-state index contributed by atoms with van der Waals surface area (Å²) in [6.45, 7) is 1.87. The number of halogens is 4.